The van der Waals surface area contributed by atoms with Gasteiger partial charge in [-0.3, -0.25) is 0 Å². The van der Waals surface area contributed by atoms with E-state index in [1.165, 1.54) is 19.9 Å². The summed E-state index contributed by atoms with van der Waals surface area (Å²) in [4.78, 5) is 2.94. The van der Waals surface area contributed by atoms with Gasteiger partial charge in [-0.1, -0.05) is 0 Å². The second-order valence-electron chi connectivity index (χ2n) is 5.21. The monoisotopic (exact) mass is 386 g/mol. The van der Waals surface area contributed by atoms with Crippen molar-refractivity contribution in [1.29, 1.82) is 0 Å². The summed E-state index contributed by atoms with van der Waals surface area (Å²) in [5, 5.41) is 3.25. The third kappa shape index (κ3) is 4.37. The number of aryl methyl sites for hydroxylation is 2. The lowest BCUT2D eigenvalue weighted by Crippen LogP contribution is -2.23. The average Bonchev–Trinajstić information content (AvgIpc) is 2.78. The number of aromatic nitrogens is 3. The number of hydrogen-bond donors (Lipinski definition) is 1. The fourth-order valence-electron chi connectivity index (χ4n) is 2.14. The van der Waals surface area contributed by atoms with Crippen molar-refractivity contribution in [2.24, 2.45) is 0 Å². The molecule has 0 fully saturated rings. The first-order valence-electron chi connectivity index (χ1n) is 6.66. The molecule has 2 rings (SSSR count). The van der Waals surface area contributed by atoms with E-state index in [-0.39, 0.29) is 10.6 Å². The van der Waals surface area contributed by atoms with Gasteiger partial charge in [-0.25, -0.2) is 0 Å². The molecule has 0 aliphatic rings. The van der Waals surface area contributed by atoms with Gasteiger partial charge < -0.3 is 10.3 Å². The molecule has 0 amide bonds. The van der Waals surface area contributed by atoms with Crippen LogP contribution < -0.4 is 5.73 Å². The third-order valence-electron chi connectivity index (χ3n) is 3.15. The molecular weight excluding hydrogens is 374 g/mol. The van der Waals surface area contributed by atoms with Crippen molar-refractivity contribution in [3.05, 3.63) is 29.1 Å². The Morgan fingerprint density at radius 3 is 2.20 bits per heavy atom. The number of hydrogen-bond acceptors (Lipinski definition) is 4. The second-order valence-corrected chi connectivity index (χ2v) is 6.63. The summed E-state index contributed by atoms with van der Waals surface area (Å²) in [7, 11) is 0. The van der Waals surface area contributed by atoms with Gasteiger partial charge in [-0.15, -0.1) is 5.10 Å². The van der Waals surface area contributed by atoms with Crippen molar-refractivity contribution < 1.29 is 30.9 Å². The number of nitrogens with zero attached hydrogens (tertiary/aromatic N) is 3. The van der Waals surface area contributed by atoms with E-state index < -0.39 is 41.1 Å². The summed E-state index contributed by atoms with van der Waals surface area (Å²) in [5.74, 6) is -3.65. The zero-order valence-corrected chi connectivity index (χ0v) is 13.7. The smallest absolute Gasteiger partial charge is 0.453 e. The number of rotatable bonds is 3. The quantitative estimate of drug-likeness (QED) is 0.649. The van der Waals surface area contributed by atoms with Crippen LogP contribution in [0.25, 0.3) is 5.69 Å². The maximum atomic E-state index is 12.7. The Bertz CT molecular complexity index is 786. The van der Waals surface area contributed by atoms with Gasteiger partial charge in [-0.2, -0.15) is 36.0 Å². The standard InChI is InChI=1S/C13H12F6N4OS/c1-6-3-7(2)9(25(24)5-12(14,15)16)4-8(6)23-11(20)21-10(22-23)13(17,18)19/h3-4H,5H2,1-2H3,(H2,20,21,22)/t25-/m0/s1. The Hall–Kier alpha value is -1.95. The van der Waals surface area contributed by atoms with Gasteiger partial charge in [0.05, 0.1) is 5.69 Å². The largest absolute Gasteiger partial charge is 0.611 e. The van der Waals surface area contributed by atoms with Crippen LogP contribution in [0.1, 0.15) is 17.0 Å². The molecule has 0 spiro atoms. The molecule has 0 radical (unpaired) electrons. The summed E-state index contributed by atoms with van der Waals surface area (Å²) < 4.78 is 88.1. The maximum absolute atomic E-state index is 12.7. The molecule has 0 bridgehead atoms. The molecule has 12 heteroatoms. The predicted octanol–water partition coefficient (Wildman–Crippen LogP) is 3.16. The first kappa shape index (κ1) is 19.4. The van der Waals surface area contributed by atoms with Crippen LogP contribution in [0.15, 0.2) is 17.0 Å². The first-order chi connectivity index (χ1) is 11.3. The summed E-state index contributed by atoms with van der Waals surface area (Å²) in [6, 6.07) is 2.48. The highest BCUT2D eigenvalue weighted by atomic mass is 32.2. The number of benzene rings is 1. The summed E-state index contributed by atoms with van der Waals surface area (Å²) in [6.07, 6.45) is -9.49. The van der Waals surface area contributed by atoms with E-state index in [1.54, 1.807) is 0 Å². The van der Waals surface area contributed by atoms with Gasteiger partial charge in [-0.05, 0) is 36.7 Å². The van der Waals surface area contributed by atoms with Crippen molar-refractivity contribution in [3.8, 4) is 5.69 Å². The predicted molar refractivity (Wildman–Crippen MR) is 77.6 cm³/mol. The normalized spacial score (nSPS) is 14.0. The van der Waals surface area contributed by atoms with Gasteiger partial charge in [0.2, 0.25) is 11.7 Å². The Balaban J connectivity index is 2.53. The minimum Gasteiger partial charge on any atom is -0.611 e. The Morgan fingerprint density at radius 2 is 1.72 bits per heavy atom. The Labute approximate surface area is 141 Å². The molecular formula is C13H12F6N4OS. The lowest BCUT2D eigenvalue weighted by molar-refractivity contribution is -0.144. The van der Waals surface area contributed by atoms with Crippen molar-refractivity contribution in [1.82, 2.24) is 14.8 Å². The van der Waals surface area contributed by atoms with Gasteiger partial charge >= 0.3 is 12.4 Å². The molecule has 2 aromatic rings. The van der Waals surface area contributed by atoms with Crippen LogP contribution in [0.5, 0.6) is 0 Å². The molecule has 1 aromatic heterocycles. The van der Waals surface area contributed by atoms with Crippen LogP contribution >= 0.6 is 0 Å². The van der Waals surface area contributed by atoms with Gasteiger partial charge in [0.15, 0.2) is 4.90 Å². The van der Waals surface area contributed by atoms with Crippen LogP contribution in [0.2, 0.25) is 0 Å². The molecule has 0 saturated carbocycles. The minimum atomic E-state index is -4.83. The van der Waals surface area contributed by atoms with E-state index in [4.69, 9.17) is 5.73 Å². The molecule has 1 heterocycles. The number of alkyl halides is 6. The van der Waals surface area contributed by atoms with Crippen molar-refractivity contribution in [2.45, 2.75) is 31.1 Å². The van der Waals surface area contributed by atoms with E-state index in [2.05, 4.69) is 10.1 Å². The molecule has 0 unspecified atom stereocenters. The molecule has 5 nitrogen and oxygen atoms in total. The van der Waals surface area contributed by atoms with E-state index in [1.807, 2.05) is 0 Å². The van der Waals surface area contributed by atoms with Gasteiger partial charge in [0, 0.05) is 11.6 Å². The molecule has 0 saturated heterocycles. The molecule has 1 aromatic carbocycles. The van der Waals surface area contributed by atoms with E-state index in [0.29, 0.717) is 15.8 Å². The van der Waals surface area contributed by atoms with E-state index in [9.17, 15) is 30.9 Å². The van der Waals surface area contributed by atoms with Crippen LogP contribution in [0.3, 0.4) is 0 Å². The summed E-state index contributed by atoms with van der Waals surface area (Å²) >= 11 is -2.42. The fourth-order valence-corrected chi connectivity index (χ4v) is 3.26. The molecule has 0 aliphatic heterocycles. The first-order valence-corrected chi connectivity index (χ1v) is 7.98. The van der Waals surface area contributed by atoms with Gasteiger partial charge in [0.1, 0.15) is 0 Å². The third-order valence-corrected chi connectivity index (χ3v) is 4.67. The van der Waals surface area contributed by atoms with Crippen LogP contribution in [0, 0.1) is 13.8 Å². The zero-order valence-electron chi connectivity index (χ0n) is 12.9. The number of halogens is 6. The molecule has 2 N–H and O–H groups in total. The molecule has 1 atom stereocenters. The SMILES string of the molecule is Cc1cc(C)c([S@@+]([O-])CC(F)(F)F)cc1-n1nc(C(F)(F)F)nc1N. The molecule has 25 heavy (non-hydrogen) atoms. The number of anilines is 1. The zero-order chi connectivity index (χ0) is 19.2. The highest BCUT2D eigenvalue weighted by Gasteiger charge is 2.38. The highest BCUT2D eigenvalue weighted by molar-refractivity contribution is 7.91. The van der Waals surface area contributed by atoms with E-state index in [0.717, 1.165) is 6.07 Å². The Morgan fingerprint density at radius 1 is 1.12 bits per heavy atom. The topological polar surface area (TPSA) is 79.8 Å². The van der Waals surface area contributed by atoms with Crippen molar-refractivity contribution in [3.63, 3.8) is 0 Å². The highest BCUT2D eigenvalue weighted by Crippen LogP contribution is 2.31. The summed E-state index contributed by atoms with van der Waals surface area (Å²) in [5.41, 5.74) is 6.10. The lowest BCUT2D eigenvalue weighted by Gasteiger charge is -2.17. The number of nitrogen functional groups attached to an aromatic ring is 1. The minimum absolute atomic E-state index is 0.0309. The van der Waals surface area contributed by atoms with Gasteiger partial charge in [0.25, 0.3) is 5.82 Å². The van der Waals surface area contributed by atoms with Crippen molar-refractivity contribution >= 4 is 17.1 Å². The van der Waals surface area contributed by atoms with Crippen molar-refractivity contribution in [2.75, 3.05) is 11.5 Å². The molecule has 138 valence electrons. The summed E-state index contributed by atoms with van der Waals surface area (Å²) in [6.45, 7) is 2.96. The lowest BCUT2D eigenvalue weighted by atomic mass is 10.1. The maximum Gasteiger partial charge on any atom is 0.453 e. The van der Waals surface area contributed by atoms with Crippen LogP contribution in [0.4, 0.5) is 32.3 Å². The second kappa shape index (κ2) is 6.41. The van der Waals surface area contributed by atoms with E-state index >= 15 is 0 Å². The molecule has 0 aliphatic carbocycles. The average molecular weight is 386 g/mol. The van der Waals surface area contributed by atoms with Crippen LogP contribution in [-0.2, 0) is 17.4 Å². The Kier molecular flexibility index (Phi) is 4.97. The van der Waals surface area contributed by atoms with Crippen LogP contribution in [-0.4, -0.2) is 31.2 Å². The number of nitrogens with two attached hydrogens (primary N) is 1. The fraction of sp³-hybridized carbons (Fsp3) is 0.385.